The Hall–Kier alpha value is 0. The van der Waals surface area contributed by atoms with Gasteiger partial charge in [-0.1, -0.05) is 27.7 Å². The lowest BCUT2D eigenvalue weighted by atomic mass is 9.92. The summed E-state index contributed by atoms with van der Waals surface area (Å²) < 4.78 is 0. The van der Waals surface area contributed by atoms with Gasteiger partial charge in [0.05, 0.1) is 0 Å². The second-order valence-electron chi connectivity index (χ2n) is 3.91. The minimum Gasteiger partial charge on any atom is -0.0622 e. The van der Waals surface area contributed by atoms with Gasteiger partial charge in [0.1, 0.15) is 0 Å². The van der Waals surface area contributed by atoms with Crippen LogP contribution in [0, 0.1) is 23.7 Å². The Bertz CT molecular complexity index is 84.2. The minimum absolute atomic E-state index is 0.958. The highest BCUT2D eigenvalue weighted by molar-refractivity contribution is 4.81. The molecule has 0 saturated heterocycles. The van der Waals surface area contributed by atoms with Crippen molar-refractivity contribution in [1.82, 2.24) is 0 Å². The normalized spacial score (nSPS) is 52.0. The molecule has 0 aromatic heterocycles. The lowest BCUT2D eigenvalue weighted by molar-refractivity contribution is 0.352. The van der Waals surface area contributed by atoms with Gasteiger partial charge in [0.2, 0.25) is 0 Å². The average Bonchev–Trinajstić information content (AvgIpc) is 1.98. The average molecular weight is 126 g/mol. The second-order valence-corrected chi connectivity index (χ2v) is 3.91. The fourth-order valence-electron chi connectivity index (χ4n) is 2.05. The SMILES string of the molecule is CC1C[C@@H](C)[C@@H](C)[C@H]1C. The highest BCUT2D eigenvalue weighted by Crippen LogP contribution is 2.40. The summed E-state index contributed by atoms with van der Waals surface area (Å²) in [6.45, 7) is 9.53. The zero-order valence-corrected chi connectivity index (χ0v) is 7.02. The van der Waals surface area contributed by atoms with Gasteiger partial charge in [-0.2, -0.15) is 0 Å². The first-order chi connectivity index (χ1) is 4.13. The van der Waals surface area contributed by atoms with E-state index in [1.165, 1.54) is 6.42 Å². The molecule has 1 fully saturated rings. The molecule has 1 saturated carbocycles. The van der Waals surface area contributed by atoms with Crippen LogP contribution < -0.4 is 0 Å². The van der Waals surface area contributed by atoms with Gasteiger partial charge in [0.15, 0.2) is 0 Å². The van der Waals surface area contributed by atoms with Crippen LogP contribution in [0.15, 0.2) is 0 Å². The molecule has 0 aliphatic heterocycles. The maximum atomic E-state index is 2.39. The molecule has 0 aromatic carbocycles. The third-order valence-corrected chi connectivity index (χ3v) is 3.37. The summed E-state index contributed by atoms with van der Waals surface area (Å²) in [7, 11) is 0. The summed E-state index contributed by atoms with van der Waals surface area (Å²) >= 11 is 0. The summed E-state index contributed by atoms with van der Waals surface area (Å²) in [5.41, 5.74) is 0. The van der Waals surface area contributed by atoms with E-state index in [9.17, 15) is 0 Å². The summed E-state index contributed by atoms with van der Waals surface area (Å²) in [5.74, 6) is 3.85. The monoisotopic (exact) mass is 126 g/mol. The van der Waals surface area contributed by atoms with Crippen molar-refractivity contribution in [3.8, 4) is 0 Å². The van der Waals surface area contributed by atoms with Gasteiger partial charge in [-0.3, -0.25) is 0 Å². The van der Waals surface area contributed by atoms with Gasteiger partial charge in [0.25, 0.3) is 0 Å². The van der Waals surface area contributed by atoms with E-state index in [1.54, 1.807) is 0 Å². The second kappa shape index (κ2) is 2.32. The van der Waals surface area contributed by atoms with Crippen LogP contribution in [0.5, 0.6) is 0 Å². The van der Waals surface area contributed by atoms with Crippen LogP contribution in [-0.4, -0.2) is 0 Å². The summed E-state index contributed by atoms with van der Waals surface area (Å²) in [6, 6.07) is 0. The van der Waals surface area contributed by atoms with Gasteiger partial charge in [0, 0.05) is 0 Å². The quantitative estimate of drug-likeness (QED) is 0.468. The summed E-state index contributed by atoms with van der Waals surface area (Å²) in [6.07, 6.45) is 1.45. The van der Waals surface area contributed by atoms with E-state index >= 15 is 0 Å². The molecule has 4 atom stereocenters. The number of hydrogen-bond donors (Lipinski definition) is 0. The lowest BCUT2D eigenvalue weighted by Crippen LogP contribution is -2.07. The standard InChI is InChI=1S/C9H18/c1-6-5-7(2)9(4)8(6)3/h6-9H,5H2,1-4H3/t6-,7?,8-,9+/m1/s1. The predicted octanol–water partition coefficient (Wildman–Crippen LogP) is 2.93. The van der Waals surface area contributed by atoms with Crippen molar-refractivity contribution in [2.75, 3.05) is 0 Å². The van der Waals surface area contributed by atoms with E-state index in [-0.39, 0.29) is 0 Å². The van der Waals surface area contributed by atoms with E-state index in [1.807, 2.05) is 0 Å². The molecule has 0 aromatic rings. The Morgan fingerprint density at radius 1 is 0.778 bits per heavy atom. The third kappa shape index (κ3) is 1.12. The summed E-state index contributed by atoms with van der Waals surface area (Å²) in [4.78, 5) is 0. The first kappa shape index (κ1) is 7.11. The Labute approximate surface area is 58.7 Å². The van der Waals surface area contributed by atoms with Crippen molar-refractivity contribution < 1.29 is 0 Å². The molecule has 0 radical (unpaired) electrons. The zero-order valence-electron chi connectivity index (χ0n) is 7.02. The molecule has 0 amide bonds. The zero-order chi connectivity index (χ0) is 7.02. The van der Waals surface area contributed by atoms with Crippen LogP contribution in [0.1, 0.15) is 34.1 Å². The molecule has 1 rings (SSSR count). The highest BCUT2D eigenvalue weighted by Gasteiger charge is 2.31. The van der Waals surface area contributed by atoms with Gasteiger partial charge < -0.3 is 0 Å². The summed E-state index contributed by atoms with van der Waals surface area (Å²) in [5, 5.41) is 0. The molecule has 1 aliphatic carbocycles. The van der Waals surface area contributed by atoms with Crippen LogP contribution in [0.25, 0.3) is 0 Å². The number of hydrogen-bond acceptors (Lipinski definition) is 0. The van der Waals surface area contributed by atoms with Gasteiger partial charge in [-0.15, -0.1) is 0 Å². The first-order valence-electron chi connectivity index (χ1n) is 4.13. The molecule has 1 unspecified atom stereocenters. The van der Waals surface area contributed by atoms with Crippen molar-refractivity contribution in [3.63, 3.8) is 0 Å². The molecule has 0 heteroatoms. The van der Waals surface area contributed by atoms with Gasteiger partial charge in [-0.05, 0) is 30.1 Å². The van der Waals surface area contributed by atoms with Crippen LogP contribution in [0.4, 0.5) is 0 Å². The van der Waals surface area contributed by atoms with Crippen molar-refractivity contribution in [2.24, 2.45) is 23.7 Å². The van der Waals surface area contributed by atoms with Crippen molar-refractivity contribution in [2.45, 2.75) is 34.1 Å². The molecular formula is C9H18. The maximum Gasteiger partial charge on any atom is -0.0389 e. The minimum atomic E-state index is 0.958. The fraction of sp³-hybridized carbons (Fsp3) is 1.00. The smallest absolute Gasteiger partial charge is 0.0389 e. The largest absolute Gasteiger partial charge is 0.0622 e. The molecule has 0 bridgehead atoms. The van der Waals surface area contributed by atoms with Crippen molar-refractivity contribution in [3.05, 3.63) is 0 Å². The van der Waals surface area contributed by atoms with Crippen LogP contribution in [0.2, 0.25) is 0 Å². The van der Waals surface area contributed by atoms with E-state index < -0.39 is 0 Å². The Morgan fingerprint density at radius 3 is 1.22 bits per heavy atom. The molecule has 9 heavy (non-hydrogen) atoms. The molecule has 0 N–H and O–H groups in total. The maximum absolute atomic E-state index is 2.39. The molecule has 0 heterocycles. The molecular weight excluding hydrogens is 108 g/mol. The van der Waals surface area contributed by atoms with Crippen LogP contribution in [-0.2, 0) is 0 Å². The van der Waals surface area contributed by atoms with Crippen LogP contribution in [0.3, 0.4) is 0 Å². The highest BCUT2D eigenvalue weighted by atomic mass is 14.4. The number of rotatable bonds is 0. The Balaban J connectivity index is 2.54. The topological polar surface area (TPSA) is 0 Å². The van der Waals surface area contributed by atoms with E-state index in [0.717, 1.165) is 23.7 Å². The van der Waals surface area contributed by atoms with E-state index in [2.05, 4.69) is 27.7 Å². The van der Waals surface area contributed by atoms with Crippen molar-refractivity contribution in [1.29, 1.82) is 0 Å². The fourth-order valence-corrected chi connectivity index (χ4v) is 2.05. The Morgan fingerprint density at radius 2 is 1.11 bits per heavy atom. The molecule has 0 nitrogen and oxygen atoms in total. The molecule has 1 aliphatic rings. The van der Waals surface area contributed by atoms with Crippen molar-refractivity contribution >= 4 is 0 Å². The van der Waals surface area contributed by atoms with E-state index in [0.29, 0.717) is 0 Å². The first-order valence-corrected chi connectivity index (χ1v) is 4.13. The van der Waals surface area contributed by atoms with Gasteiger partial charge in [-0.25, -0.2) is 0 Å². The van der Waals surface area contributed by atoms with Crippen LogP contribution >= 0.6 is 0 Å². The third-order valence-electron chi connectivity index (χ3n) is 3.37. The lowest BCUT2D eigenvalue weighted by Gasteiger charge is -2.14. The van der Waals surface area contributed by atoms with Gasteiger partial charge >= 0.3 is 0 Å². The Kier molecular flexibility index (Phi) is 1.83. The molecule has 54 valence electrons. The van der Waals surface area contributed by atoms with E-state index in [4.69, 9.17) is 0 Å². The molecule has 0 spiro atoms. The predicted molar refractivity (Wildman–Crippen MR) is 41.3 cm³/mol.